The molecular formula is C10H13O4. The van der Waals surface area contributed by atoms with Crippen molar-refractivity contribution in [3.05, 3.63) is 31.9 Å². The normalized spacial score (nSPS) is 8.86. The first-order valence-electron chi connectivity index (χ1n) is 4.14. The van der Waals surface area contributed by atoms with Crippen LogP contribution in [0.25, 0.3) is 0 Å². The molecule has 0 spiro atoms. The van der Waals surface area contributed by atoms with E-state index in [1.54, 1.807) is 0 Å². The molecule has 4 nitrogen and oxygen atoms in total. The van der Waals surface area contributed by atoms with Crippen LogP contribution in [0.1, 0.15) is 12.8 Å². The highest BCUT2D eigenvalue weighted by Gasteiger charge is 1.97. The van der Waals surface area contributed by atoms with Gasteiger partial charge in [-0.3, -0.25) is 0 Å². The van der Waals surface area contributed by atoms with Crippen LogP contribution < -0.4 is 0 Å². The predicted octanol–water partition coefficient (Wildman–Crippen LogP) is 1.39. The Morgan fingerprint density at radius 1 is 1.14 bits per heavy atom. The molecule has 14 heavy (non-hydrogen) atoms. The Hall–Kier alpha value is -1.58. The van der Waals surface area contributed by atoms with Gasteiger partial charge < -0.3 is 9.47 Å². The Bertz CT molecular complexity index is 196. The van der Waals surface area contributed by atoms with Gasteiger partial charge >= 0.3 is 11.9 Å². The van der Waals surface area contributed by atoms with Crippen molar-refractivity contribution in [2.45, 2.75) is 12.8 Å². The van der Waals surface area contributed by atoms with Gasteiger partial charge in [0.05, 0.1) is 6.61 Å². The fraction of sp³-hybridized carbons (Fsp3) is 0.300. The molecule has 0 unspecified atom stereocenters. The molecule has 0 heterocycles. The highest BCUT2D eigenvalue weighted by atomic mass is 16.5. The largest absolute Gasteiger partial charge is 0.463 e. The van der Waals surface area contributed by atoms with Crippen molar-refractivity contribution in [2.24, 2.45) is 0 Å². The number of hydrogen-bond acceptors (Lipinski definition) is 4. The van der Waals surface area contributed by atoms with E-state index in [2.05, 4.69) is 22.6 Å². The number of carbonyl (C=O) groups excluding carboxylic acids is 2. The summed E-state index contributed by atoms with van der Waals surface area (Å²) in [5, 5.41) is 0. The highest BCUT2D eigenvalue weighted by Crippen LogP contribution is 1.97. The van der Waals surface area contributed by atoms with Crippen LogP contribution in [0.4, 0.5) is 0 Å². The van der Waals surface area contributed by atoms with Crippen molar-refractivity contribution in [3.8, 4) is 0 Å². The van der Waals surface area contributed by atoms with E-state index in [0.29, 0.717) is 12.8 Å². The molecule has 0 aromatic heterocycles. The van der Waals surface area contributed by atoms with E-state index in [1.165, 1.54) is 6.61 Å². The zero-order chi connectivity index (χ0) is 10.8. The van der Waals surface area contributed by atoms with Gasteiger partial charge in [0.1, 0.15) is 6.61 Å². The van der Waals surface area contributed by atoms with E-state index in [-0.39, 0.29) is 6.61 Å². The van der Waals surface area contributed by atoms with E-state index in [9.17, 15) is 9.59 Å². The molecule has 4 heteroatoms. The van der Waals surface area contributed by atoms with Gasteiger partial charge in [-0.25, -0.2) is 9.59 Å². The summed E-state index contributed by atoms with van der Waals surface area (Å²) in [5.41, 5.74) is 0. The van der Waals surface area contributed by atoms with Crippen molar-refractivity contribution < 1.29 is 19.1 Å². The summed E-state index contributed by atoms with van der Waals surface area (Å²) < 4.78 is 9.27. The lowest BCUT2D eigenvalue weighted by atomic mass is 10.3. The van der Waals surface area contributed by atoms with E-state index in [4.69, 9.17) is 0 Å². The maximum absolute atomic E-state index is 10.5. The summed E-state index contributed by atoms with van der Waals surface area (Å²) in [6.45, 7) is 8.12. The van der Waals surface area contributed by atoms with E-state index in [1.807, 2.05) is 0 Å². The molecule has 0 aliphatic rings. The monoisotopic (exact) mass is 197 g/mol. The number of esters is 2. The Balaban J connectivity index is 3.21. The van der Waals surface area contributed by atoms with Crippen molar-refractivity contribution in [3.63, 3.8) is 0 Å². The maximum atomic E-state index is 10.5. The molecule has 0 saturated carbocycles. The van der Waals surface area contributed by atoms with Gasteiger partial charge in [-0.15, -0.1) is 0 Å². The minimum Gasteiger partial charge on any atom is -0.463 e. The van der Waals surface area contributed by atoms with Crippen molar-refractivity contribution in [2.75, 3.05) is 6.61 Å². The van der Waals surface area contributed by atoms with Crippen LogP contribution in [-0.4, -0.2) is 18.5 Å². The Morgan fingerprint density at radius 3 is 2.36 bits per heavy atom. The summed E-state index contributed by atoms with van der Waals surface area (Å²) in [4.78, 5) is 21.1. The van der Waals surface area contributed by atoms with Gasteiger partial charge in [0.2, 0.25) is 0 Å². The molecule has 0 N–H and O–H groups in total. The molecule has 0 aliphatic heterocycles. The average molecular weight is 197 g/mol. The molecule has 0 amide bonds. The molecule has 0 rings (SSSR count). The molecule has 0 fully saturated rings. The fourth-order valence-electron chi connectivity index (χ4n) is 0.588. The third-order valence-corrected chi connectivity index (χ3v) is 1.24. The molecule has 0 bridgehead atoms. The minimum absolute atomic E-state index is 0.285. The summed E-state index contributed by atoms with van der Waals surface area (Å²) in [5.74, 6) is -0.943. The second-order valence-electron chi connectivity index (χ2n) is 2.32. The first kappa shape index (κ1) is 12.4. The highest BCUT2D eigenvalue weighted by molar-refractivity contribution is 5.81. The smallest absolute Gasteiger partial charge is 0.330 e. The van der Waals surface area contributed by atoms with Crippen LogP contribution in [0.2, 0.25) is 0 Å². The van der Waals surface area contributed by atoms with E-state index in [0.717, 1.165) is 12.2 Å². The number of unbranched alkanes of at least 4 members (excludes halogenated alkanes) is 1. The summed E-state index contributed by atoms with van der Waals surface area (Å²) >= 11 is 0. The summed E-state index contributed by atoms with van der Waals surface area (Å²) in [7, 11) is 0. The Kier molecular flexibility index (Phi) is 7.13. The van der Waals surface area contributed by atoms with Gasteiger partial charge in [-0.1, -0.05) is 13.2 Å². The van der Waals surface area contributed by atoms with E-state index < -0.39 is 11.9 Å². The Labute approximate surface area is 83.2 Å². The second kappa shape index (κ2) is 8.04. The van der Waals surface area contributed by atoms with Crippen molar-refractivity contribution in [1.29, 1.82) is 0 Å². The van der Waals surface area contributed by atoms with Crippen LogP contribution in [0, 0.1) is 6.61 Å². The Morgan fingerprint density at radius 2 is 1.79 bits per heavy atom. The lowest BCUT2D eigenvalue weighted by Crippen LogP contribution is -2.03. The molecule has 0 saturated heterocycles. The zero-order valence-corrected chi connectivity index (χ0v) is 7.90. The first-order chi connectivity index (χ1) is 6.70. The molecule has 77 valence electrons. The molecule has 1 radical (unpaired) electrons. The van der Waals surface area contributed by atoms with Gasteiger partial charge in [-0.2, -0.15) is 0 Å². The number of rotatable bonds is 7. The number of ether oxygens (including phenoxy) is 2. The second-order valence-corrected chi connectivity index (χ2v) is 2.32. The SMILES string of the molecule is C=CC(=O)O[CH]CCCOC(=O)C=C. The third kappa shape index (κ3) is 7.09. The predicted molar refractivity (Wildman–Crippen MR) is 51.0 cm³/mol. The minimum atomic E-state index is -0.493. The molecule has 0 atom stereocenters. The third-order valence-electron chi connectivity index (χ3n) is 1.24. The van der Waals surface area contributed by atoms with Crippen molar-refractivity contribution in [1.82, 2.24) is 0 Å². The molecule has 0 aliphatic carbocycles. The first-order valence-corrected chi connectivity index (χ1v) is 4.14. The summed E-state index contributed by atoms with van der Waals surface area (Å²) in [6, 6.07) is 0. The molecule has 0 aromatic carbocycles. The lowest BCUT2D eigenvalue weighted by Gasteiger charge is -2.01. The van der Waals surface area contributed by atoms with Gasteiger partial charge in [0.25, 0.3) is 0 Å². The van der Waals surface area contributed by atoms with Gasteiger partial charge in [0, 0.05) is 12.2 Å². The van der Waals surface area contributed by atoms with Crippen LogP contribution >= 0.6 is 0 Å². The molecule has 0 aromatic rings. The quantitative estimate of drug-likeness (QED) is 0.351. The van der Waals surface area contributed by atoms with Crippen LogP contribution in [-0.2, 0) is 19.1 Å². The average Bonchev–Trinajstić information content (AvgIpc) is 2.22. The number of hydrogen-bond donors (Lipinski definition) is 0. The lowest BCUT2D eigenvalue weighted by molar-refractivity contribution is -0.138. The standard InChI is InChI=1S/C10H13O4/c1-3-9(11)13-7-5-6-8-14-10(12)4-2/h3-4,7H,1-2,5-6,8H2. The van der Waals surface area contributed by atoms with Gasteiger partial charge in [-0.05, 0) is 12.8 Å². The zero-order valence-electron chi connectivity index (χ0n) is 7.90. The maximum Gasteiger partial charge on any atom is 0.330 e. The topological polar surface area (TPSA) is 52.6 Å². The van der Waals surface area contributed by atoms with Crippen LogP contribution in [0.5, 0.6) is 0 Å². The van der Waals surface area contributed by atoms with E-state index >= 15 is 0 Å². The van der Waals surface area contributed by atoms with Crippen LogP contribution in [0.3, 0.4) is 0 Å². The molecular weight excluding hydrogens is 184 g/mol. The van der Waals surface area contributed by atoms with Gasteiger partial charge in [0.15, 0.2) is 0 Å². The summed E-state index contributed by atoms with van der Waals surface area (Å²) in [6.07, 6.45) is 3.31. The van der Waals surface area contributed by atoms with Crippen molar-refractivity contribution >= 4 is 11.9 Å². The van der Waals surface area contributed by atoms with Crippen LogP contribution in [0.15, 0.2) is 25.3 Å². The number of carbonyl (C=O) groups is 2. The fourth-order valence-corrected chi connectivity index (χ4v) is 0.588.